The smallest absolute Gasteiger partial charge is 0.326 e. The molecular weight excluding hydrogens is 246 g/mol. The van der Waals surface area contributed by atoms with Crippen LogP contribution >= 0.6 is 0 Å². The molecule has 1 aromatic rings. The van der Waals surface area contributed by atoms with Crippen molar-refractivity contribution in [2.45, 2.75) is 46.6 Å². The lowest BCUT2D eigenvalue weighted by Crippen LogP contribution is -2.44. The predicted octanol–water partition coefficient (Wildman–Crippen LogP) is 2.24. The number of aryl methyl sites for hydroxylation is 2. The molecule has 1 heterocycles. The summed E-state index contributed by atoms with van der Waals surface area (Å²) in [5.74, 6) is -0.741. The summed E-state index contributed by atoms with van der Waals surface area (Å²) in [6, 6.07) is 0.778. The molecule has 0 spiro atoms. The van der Waals surface area contributed by atoms with Crippen LogP contribution in [-0.4, -0.2) is 23.0 Å². The number of carbonyl (C=O) groups excluding carboxylic acids is 1. The van der Waals surface area contributed by atoms with Gasteiger partial charge in [-0.15, -0.1) is 0 Å². The highest BCUT2D eigenvalue weighted by atomic mass is 16.4. The molecule has 0 bridgehead atoms. The van der Waals surface area contributed by atoms with Gasteiger partial charge in [0, 0.05) is 6.42 Å². The summed E-state index contributed by atoms with van der Waals surface area (Å²) in [7, 11) is 0. The molecule has 5 nitrogen and oxygen atoms in total. The van der Waals surface area contributed by atoms with E-state index < -0.39 is 17.9 Å². The average Bonchev–Trinajstić information content (AvgIpc) is 2.77. The zero-order valence-electron chi connectivity index (χ0n) is 11.8. The molecule has 1 atom stereocenters. The SMILES string of the molecule is CCc1cc(C(=O)N[C@H](C(=O)O)C(C)C)oc1CC. The number of rotatable bonds is 6. The third kappa shape index (κ3) is 3.59. The standard InChI is InChI=1S/C14H21NO4/c1-5-9-7-11(19-10(9)6-2)13(16)15-12(8(3)4)14(17)18/h7-8,12H,5-6H2,1-4H3,(H,15,16)(H,17,18)/t12-/m0/s1. The van der Waals surface area contributed by atoms with E-state index in [0.717, 1.165) is 17.7 Å². The van der Waals surface area contributed by atoms with Gasteiger partial charge in [-0.2, -0.15) is 0 Å². The third-order valence-corrected chi connectivity index (χ3v) is 3.04. The van der Waals surface area contributed by atoms with Crippen molar-refractivity contribution in [3.05, 3.63) is 23.2 Å². The van der Waals surface area contributed by atoms with Crippen molar-refractivity contribution in [3.8, 4) is 0 Å². The second-order valence-corrected chi connectivity index (χ2v) is 4.80. The Balaban J connectivity index is 2.88. The maximum absolute atomic E-state index is 12.0. The number of carbonyl (C=O) groups is 2. The van der Waals surface area contributed by atoms with Crippen molar-refractivity contribution in [1.29, 1.82) is 0 Å². The molecule has 1 aromatic heterocycles. The maximum atomic E-state index is 12.0. The van der Waals surface area contributed by atoms with E-state index in [0.29, 0.717) is 6.42 Å². The van der Waals surface area contributed by atoms with E-state index in [1.54, 1.807) is 19.9 Å². The Morgan fingerprint density at radius 2 is 1.95 bits per heavy atom. The monoisotopic (exact) mass is 267 g/mol. The Hall–Kier alpha value is -1.78. The first-order valence-corrected chi connectivity index (χ1v) is 6.55. The van der Waals surface area contributed by atoms with Crippen molar-refractivity contribution in [2.75, 3.05) is 0 Å². The molecular formula is C14H21NO4. The van der Waals surface area contributed by atoms with Crippen molar-refractivity contribution >= 4 is 11.9 Å². The van der Waals surface area contributed by atoms with E-state index in [-0.39, 0.29) is 11.7 Å². The Bertz CT molecular complexity index is 441. The minimum absolute atomic E-state index is 0.181. The summed E-state index contributed by atoms with van der Waals surface area (Å²) in [6.45, 7) is 7.43. The maximum Gasteiger partial charge on any atom is 0.326 e. The Morgan fingerprint density at radius 3 is 2.32 bits per heavy atom. The zero-order chi connectivity index (χ0) is 14.6. The van der Waals surface area contributed by atoms with Gasteiger partial charge in [0.15, 0.2) is 5.76 Å². The number of furan rings is 1. The van der Waals surface area contributed by atoms with Crippen LogP contribution < -0.4 is 5.32 Å². The van der Waals surface area contributed by atoms with Gasteiger partial charge in [-0.25, -0.2) is 4.79 Å². The first-order valence-electron chi connectivity index (χ1n) is 6.55. The molecule has 0 aliphatic heterocycles. The lowest BCUT2D eigenvalue weighted by molar-refractivity contribution is -0.140. The summed E-state index contributed by atoms with van der Waals surface area (Å²) < 4.78 is 5.47. The van der Waals surface area contributed by atoms with E-state index in [1.807, 2.05) is 13.8 Å². The summed E-state index contributed by atoms with van der Waals surface area (Å²) in [4.78, 5) is 23.0. The van der Waals surface area contributed by atoms with E-state index in [4.69, 9.17) is 9.52 Å². The Labute approximate surface area is 113 Å². The summed E-state index contributed by atoms with van der Waals surface area (Å²) >= 11 is 0. The quantitative estimate of drug-likeness (QED) is 0.828. The molecule has 0 saturated carbocycles. The minimum atomic E-state index is -1.04. The van der Waals surface area contributed by atoms with Gasteiger partial charge in [0.05, 0.1) is 0 Å². The highest BCUT2D eigenvalue weighted by Gasteiger charge is 2.25. The molecule has 19 heavy (non-hydrogen) atoms. The highest BCUT2D eigenvalue weighted by molar-refractivity contribution is 5.94. The lowest BCUT2D eigenvalue weighted by atomic mass is 10.0. The molecule has 1 rings (SSSR count). The van der Waals surface area contributed by atoms with Crippen LogP contribution in [0.2, 0.25) is 0 Å². The van der Waals surface area contributed by atoms with Gasteiger partial charge in [0.2, 0.25) is 0 Å². The fraction of sp³-hybridized carbons (Fsp3) is 0.571. The highest BCUT2D eigenvalue weighted by Crippen LogP contribution is 2.17. The van der Waals surface area contributed by atoms with Gasteiger partial charge < -0.3 is 14.8 Å². The van der Waals surface area contributed by atoms with Crippen molar-refractivity contribution in [1.82, 2.24) is 5.32 Å². The van der Waals surface area contributed by atoms with E-state index in [9.17, 15) is 9.59 Å². The fourth-order valence-corrected chi connectivity index (χ4v) is 1.90. The van der Waals surface area contributed by atoms with E-state index in [2.05, 4.69) is 5.32 Å². The molecule has 0 aliphatic carbocycles. The largest absolute Gasteiger partial charge is 0.480 e. The summed E-state index contributed by atoms with van der Waals surface area (Å²) in [6.07, 6.45) is 1.50. The molecule has 1 amide bonds. The molecule has 0 unspecified atom stereocenters. The number of nitrogens with one attached hydrogen (secondary N) is 1. The summed E-state index contributed by atoms with van der Waals surface area (Å²) in [5, 5.41) is 11.5. The Morgan fingerprint density at radius 1 is 1.32 bits per heavy atom. The Kier molecular flexibility index (Phi) is 5.15. The predicted molar refractivity (Wildman–Crippen MR) is 71.2 cm³/mol. The molecule has 0 aliphatic rings. The molecule has 2 N–H and O–H groups in total. The van der Waals surface area contributed by atoms with Gasteiger partial charge >= 0.3 is 5.97 Å². The van der Waals surface area contributed by atoms with Gasteiger partial charge in [-0.3, -0.25) is 4.79 Å². The van der Waals surface area contributed by atoms with Gasteiger partial charge in [-0.1, -0.05) is 27.7 Å². The molecule has 0 radical (unpaired) electrons. The molecule has 5 heteroatoms. The van der Waals surface area contributed by atoms with Crippen molar-refractivity contribution in [3.63, 3.8) is 0 Å². The van der Waals surface area contributed by atoms with Crippen molar-refractivity contribution < 1.29 is 19.1 Å². The zero-order valence-corrected chi connectivity index (χ0v) is 11.8. The van der Waals surface area contributed by atoms with E-state index in [1.165, 1.54) is 0 Å². The second-order valence-electron chi connectivity index (χ2n) is 4.80. The molecule has 0 fully saturated rings. The number of amides is 1. The number of carboxylic acid groups (broad SMARTS) is 1. The number of hydrogen-bond donors (Lipinski definition) is 2. The second kappa shape index (κ2) is 6.41. The van der Waals surface area contributed by atoms with Crippen LogP contribution in [0.3, 0.4) is 0 Å². The number of carboxylic acids is 1. The fourth-order valence-electron chi connectivity index (χ4n) is 1.90. The number of aliphatic carboxylic acids is 1. The van der Waals surface area contributed by atoms with Crippen LogP contribution in [-0.2, 0) is 17.6 Å². The van der Waals surface area contributed by atoms with Gasteiger partial charge in [-0.05, 0) is 24.0 Å². The van der Waals surface area contributed by atoms with Crippen LogP contribution in [0.25, 0.3) is 0 Å². The van der Waals surface area contributed by atoms with Crippen LogP contribution in [0.15, 0.2) is 10.5 Å². The first-order chi connectivity index (χ1) is 8.90. The van der Waals surface area contributed by atoms with Crippen molar-refractivity contribution in [2.24, 2.45) is 5.92 Å². The van der Waals surface area contributed by atoms with Gasteiger partial charge in [0.25, 0.3) is 5.91 Å². The molecule has 0 saturated heterocycles. The molecule has 0 aromatic carbocycles. The number of hydrogen-bond acceptors (Lipinski definition) is 3. The lowest BCUT2D eigenvalue weighted by Gasteiger charge is -2.16. The first kappa shape index (κ1) is 15.3. The molecule has 106 valence electrons. The minimum Gasteiger partial charge on any atom is -0.480 e. The van der Waals surface area contributed by atoms with Crippen LogP contribution in [0.1, 0.15) is 49.6 Å². The van der Waals surface area contributed by atoms with Crippen LogP contribution in [0, 0.1) is 5.92 Å². The topological polar surface area (TPSA) is 79.5 Å². The van der Waals surface area contributed by atoms with Crippen LogP contribution in [0.5, 0.6) is 0 Å². The van der Waals surface area contributed by atoms with E-state index >= 15 is 0 Å². The summed E-state index contributed by atoms with van der Waals surface area (Å²) in [5.41, 5.74) is 0.990. The van der Waals surface area contributed by atoms with Crippen LogP contribution in [0.4, 0.5) is 0 Å². The normalized spacial score (nSPS) is 12.5. The van der Waals surface area contributed by atoms with Gasteiger partial charge in [0.1, 0.15) is 11.8 Å². The third-order valence-electron chi connectivity index (χ3n) is 3.04. The average molecular weight is 267 g/mol.